The molecule has 1 heterocycles. The summed E-state index contributed by atoms with van der Waals surface area (Å²) < 4.78 is 37.9. The first-order chi connectivity index (χ1) is 10.4. The highest BCUT2D eigenvalue weighted by atomic mass is 19.4. The topological polar surface area (TPSA) is 46.1 Å². The highest BCUT2D eigenvalue weighted by Crippen LogP contribution is 2.20. The molecule has 0 radical (unpaired) electrons. The Labute approximate surface area is 126 Å². The van der Waals surface area contributed by atoms with E-state index < -0.39 is 12.7 Å². The molecule has 0 saturated heterocycles. The molecule has 0 bridgehead atoms. The van der Waals surface area contributed by atoms with Crippen LogP contribution >= 0.6 is 0 Å². The minimum atomic E-state index is -4.26. The van der Waals surface area contributed by atoms with Crippen molar-refractivity contribution in [2.75, 3.05) is 18.4 Å². The minimum Gasteiger partial charge on any atom is -0.348 e. The zero-order chi connectivity index (χ0) is 16.2. The molecule has 120 valence electrons. The zero-order valence-corrected chi connectivity index (χ0v) is 12.2. The van der Waals surface area contributed by atoms with E-state index in [9.17, 15) is 18.0 Å². The van der Waals surface area contributed by atoms with Crippen LogP contribution in [0, 0.1) is 0 Å². The maximum Gasteiger partial charge on any atom is 0.401 e. The van der Waals surface area contributed by atoms with Crippen molar-refractivity contribution in [3.63, 3.8) is 0 Å². The number of fused-ring (bicyclic) bond motifs is 1. The predicted octanol–water partition coefficient (Wildman–Crippen LogP) is 3.14. The number of nitrogens with one attached hydrogen (secondary N) is 2. The van der Waals surface area contributed by atoms with Crippen LogP contribution in [-0.4, -0.2) is 29.7 Å². The summed E-state index contributed by atoms with van der Waals surface area (Å²) in [6, 6.07) is 7.51. The van der Waals surface area contributed by atoms with Crippen molar-refractivity contribution in [3.05, 3.63) is 30.5 Å². The summed E-state index contributed by atoms with van der Waals surface area (Å²) in [5.74, 6) is -0.316. The molecule has 2 rings (SSSR count). The normalized spacial score (nSPS) is 11.8. The van der Waals surface area contributed by atoms with E-state index in [0.29, 0.717) is 5.69 Å². The van der Waals surface area contributed by atoms with Gasteiger partial charge < -0.3 is 15.2 Å². The Bertz CT molecular complexity index is 649. The average molecular weight is 313 g/mol. The zero-order valence-electron chi connectivity index (χ0n) is 12.2. The van der Waals surface area contributed by atoms with Crippen molar-refractivity contribution >= 4 is 22.5 Å². The fraction of sp³-hybridized carbons (Fsp3) is 0.400. The van der Waals surface area contributed by atoms with Gasteiger partial charge in [0, 0.05) is 42.3 Å². The Kier molecular flexibility index (Phi) is 5.07. The van der Waals surface area contributed by atoms with Crippen LogP contribution in [0.3, 0.4) is 0 Å². The number of anilines is 1. The van der Waals surface area contributed by atoms with Crippen LogP contribution in [0.4, 0.5) is 18.9 Å². The van der Waals surface area contributed by atoms with Gasteiger partial charge in [-0.05, 0) is 31.2 Å². The SMILES string of the molecule is CCn1ccc2cc(NC(=O)CCNCC(F)(F)F)ccc21. The summed E-state index contributed by atoms with van der Waals surface area (Å²) in [6.45, 7) is 1.81. The second-order valence-corrected chi connectivity index (χ2v) is 4.97. The lowest BCUT2D eigenvalue weighted by atomic mass is 10.2. The number of carbonyl (C=O) groups excluding carboxylic acids is 1. The van der Waals surface area contributed by atoms with Gasteiger partial charge in [-0.3, -0.25) is 4.79 Å². The fourth-order valence-corrected chi connectivity index (χ4v) is 2.21. The molecule has 1 aromatic heterocycles. The molecule has 0 unspecified atom stereocenters. The number of aromatic nitrogens is 1. The summed E-state index contributed by atoms with van der Waals surface area (Å²) in [4.78, 5) is 11.7. The molecule has 2 N–H and O–H groups in total. The van der Waals surface area contributed by atoms with Crippen LogP contribution in [0.1, 0.15) is 13.3 Å². The van der Waals surface area contributed by atoms with Crippen molar-refractivity contribution in [1.29, 1.82) is 0 Å². The van der Waals surface area contributed by atoms with Crippen LogP contribution in [0.15, 0.2) is 30.5 Å². The first-order valence-corrected chi connectivity index (χ1v) is 7.05. The smallest absolute Gasteiger partial charge is 0.348 e. The number of hydrogen-bond donors (Lipinski definition) is 2. The van der Waals surface area contributed by atoms with Crippen LogP contribution in [-0.2, 0) is 11.3 Å². The molecule has 2 aromatic rings. The highest BCUT2D eigenvalue weighted by Gasteiger charge is 2.26. The van der Waals surface area contributed by atoms with Crippen LogP contribution in [0.25, 0.3) is 10.9 Å². The monoisotopic (exact) mass is 313 g/mol. The van der Waals surface area contributed by atoms with Crippen molar-refractivity contribution in [2.24, 2.45) is 0 Å². The van der Waals surface area contributed by atoms with Crippen molar-refractivity contribution in [3.8, 4) is 0 Å². The van der Waals surface area contributed by atoms with Gasteiger partial charge in [-0.15, -0.1) is 0 Å². The first-order valence-electron chi connectivity index (χ1n) is 7.05. The van der Waals surface area contributed by atoms with Gasteiger partial charge in [0.1, 0.15) is 0 Å². The lowest BCUT2D eigenvalue weighted by molar-refractivity contribution is -0.126. The van der Waals surface area contributed by atoms with E-state index in [-0.39, 0.29) is 18.9 Å². The quantitative estimate of drug-likeness (QED) is 0.805. The van der Waals surface area contributed by atoms with Gasteiger partial charge in [0.2, 0.25) is 5.91 Å². The van der Waals surface area contributed by atoms with E-state index in [4.69, 9.17) is 0 Å². The van der Waals surface area contributed by atoms with Gasteiger partial charge >= 0.3 is 6.18 Å². The van der Waals surface area contributed by atoms with Crippen LogP contribution in [0.2, 0.25) is 0 Å². The van der Waals surface area contributed by atoms with Crippen LogP contribution in [0.5, 0.6) is 0 Å². The molecule has 4 nitrogen and oxygen atoms in total. The molecule has 1 aromatic carbocycles. The van der Waals surface area contributed by atoms with E-state index in [0.717, 1.165) is 17.4 Å². The third-order valence-corrected chi connectivity index (χ3v) is 3.25. The minimum absolute atomic E-state index is 0.00983. The second kappa shape index (κ2) is 6.83. The molecular formula is C15H18F3N3O. The first kappa shape index (κ1) is 16.4. The number of halogens is 3. The van der Waals surface area contributed by atoms with Gasteiger partial charge in [0.25, 0.3) is 0 Å². The standard InChI is InChI=1S/C15H18F3N3O/c1-2-21-8-6-11-9-12(3-4-13(11)21)20-14(22)5-7-19-10-15(16,17)18/h3-4,6,8-9,19H,2,5,7,10H2,1H3,(H,20,22). The number of alkyl halides is 3. The Morgan fingerprint density at radius 2 is 2.05 bits per heavy atom. The fourth-order valence-electron chi connectivity index (χ4n) is 2.21. The summed E-state index contributed by atoms with van der Waals surface area (Å²) in [7, 11) is 0. The lowest BCUT2D eigenvalue weighted by Gasteiger charge is -2.09. The molecule has 0 spiro atoms. The van der Waals surface area contributed by atoms with Gasteiger partial charge in [-0.2, -0.15) is 13.2 Å². The summed E-state index contributed by atoms with van der Waals surface area (Å²) in [5, 5.41) is 5.89. The number of rotatable bonds is 6. The molecular weight excluding hydrogens is 295 g/mol. The maximum atomic E-state index is 11.9. The number of carbonyl (C=O) groups is 1. The lowest BCUT2D eigenvalue weighted by Crippen LogP contribution is -2.31. The largest absolute Gasteiger partial charge is 0.401 e. The Morgan fingerprint density at radius 3 is 2.73 bits per heavy atom. The molecule has 0 atom stereocenters. The Morgan fingerprint density at radius 1 is 1.27 bits per heavy atom. The number of amides is 1. The molecule has 7 heteroatoms. The molecule has 0 aliphatic carbocycles. The van der Waals surface area contributed by atoms with Crippen molar-refractivity contribution in [2.45, 2.75) is 26.1 Å². The third kappa shape index (κ3) is 4.49. The Balaban J connectivity index is 1.86. The van der Waals surface area contributed by atoms with E-state index in [1.807, 2.05) is 31.3 Å². The van der Waals surface area contributed by atoms with E-state index >= 15 is 0 Å². The Hall–Kier alpha value is -2.02. The van der Waals surface area contributed by atoms with Crippen LogP contribution < -0.4 is 10.6 Å². The predicted molar refractivity (Wildman–Crippen MR) is 79.8 cm³/mol. The number of hydrogen-bond acceptors (Lipinski definition) is 2. The molecule has 0 aliphatic heterocycles. The van der Waals surface area contributed by atoms with E-state index in [1.165, 1.54) is 0 Å². The van der Waals surface area contributed by atoms with Crippen molar-refractivity contribution < 1.29 is 18.0 Å². The molecule has 1 amide bonds. The van der Waals surface area contributed by atoms with Gasteiger partial charge in [0.15, 0.2) is 0 Å². The summed E-state index contributed by atoms with van der Waals surface area (Å²) in [5.41, 5.74) is 1.72. The van der Waals surface area contributed by atoms with Gasteiger partial charge in [-0.25, -0.2) is 0 Å². The number of nitrogens with zero attached hydrogens (tertiary/aromatic N) is 1. The molecule has 0 aliphatic rings. The summed E-state index contributed by atoms with van der Waals surface area (Å²) >= 11 is 0. The molecule has 0 saturated carbocycles. The average Bonchev–Trinajstić information content (AvgIpc) is 2.85. The summed E-state index contributed by atoms with van der Waals surface area (Å²) in [6.07, 6.45) is -2.30. The van der Waals surface area contributed by atoms with E-state index in [1.54, 1.807) is 6.07 Å². The van der Waals surface area contributed by atoms with E-state index in [2.05, 4.69) is 15.2 Å². The third-order valence-electron chi connectivity index (χ3n) is 3.25. The molecule has 0 fully saturated rings. The number of aryl methyl sites for hydroxylation is 1. The number of benzene rings is 1. The second-order valence-electron chi connectivity index (χ2n) is 4.97. The van der Waals surface area contributed by atoms with Crippen molar-refractivity contribution in [1.82, 2.24) is 9.88 Å². The van der Waals surface area contributed by atoms with Gasteiger partial charge in [0.05, 0.1) is 6.54 Å². The molecule has 22 heavy (non-hydrogen) atoms. The highest BCUT2D eigenvalue weighted by molar-refractivity contribution is 5.94. The van der Waals surface area contributed by atoms with Gasteiger partial charge in [-0.1, -0.05) is 0 Å². The maximum absolute atomic E-state index is 11.9.